The van der Waals surface area contributed by atoms with Gasteiger partial charge in [-0.2, -0.15) is 0 Å². The van der Waals surface area contributed by atoms with Gasteiger partial charge in [0.25, 0.3) is 0 Å². The third-order valence-corrected chi connectivity index (χ3v) is 4.98. The maximum absolute atomic E-state index is 5.75. The normalized spacial score (nSPS) is 10.5. The molecule has 28 heavy (non-hydrogen) atoms. The van der Waals surface area contributed by atoms with E-state index in [4.69, 9.17) is 21.4 Å². The number of hydrogen-bond acceptors (Lipinski definition) is 3. The smallest absolute Gasteiger partial charge is 0.174 e. The first kappa shape index (κ1) is 20.0. The Hall–Kier alpha value is -2.79. The fraction of sp³-hybridized carbons (Fsp3) is 0.261. The van der Waals surface area contributed by atoms with Crippen molar-refractivity contribution < 1.29 is 9.15 Å². The highest BCUT2D eigenvalue weighted by Gasteiger charge is 2.15. The molecule has 0 amide bonds. The van der Waals surface area contributed by atoms with E-state index in [1.54, 1.807) is 13.4 Å². The summed E-state index contributed by atoms with van der Waals surface area (Å²) in [4.78, 5) is 2.09. The molecular formula is C23H26N2O2S. The molecule has 1 N–H and O–H groups in total. The lowest BCUT2D eigenvalue weighted by Crippen LogP contribution is -2.33. The molecule has 0 saturated heterocycles. The molecule has 0 fully saturated rings. The summed E-state index contributed by atoms with van der Waals surface area (Å²) in [5.74, 6) is 1.63. The number of rotatable bonds is 7. The molecule has 0 spiro atoms. The average Bonchev–Trinajstić information content (AvgIpc) is 3.21. The zero-order valence-electron chi connectivity index (χ0n) is 16.6. The Kier molecular flexibility index (Phi) is 6.71. The molecule has 0 bridgehead atoms. The molecular weight excluding hydrogens is 368 g/mol. The van der Waals surface area contributed by atoms with Crippen LogP contribution in [0, 0.1) is 6.92 Å². The fourth-order valence-electron chi connectivity index (χ4n) is 3.00. The van der Waals surface area contributed by atoms with Crippen molar-refractivity contribution >= 4 is 23.0 Å². The van der Waals surface area contributed by atoms with Crippen LogP contribution in [0.1, 0.15) is 29.4 Å². The van der Waals surface area contributed by atoms with E-state index < -0.39 is 0 Å². The predicted molar refractivity (Wildman–Crippen MR) is 118 cm³/mol. The van der Waals surface area contributed by atoms with E-state index in [1.165, 1.54) is 11.1 Å². The second kappa shape index (κ2) is 9.42. The van der Waals surface area contributed by atoms with Crippen LogP contribution in [-0.4, -0.2) is 17.1 Å². The van der Waals surface area contributed by atoms with Crippen molar-refractivity contribution in [1.82, 2.24) is 4.90 Å². The Balaban J connectivity index is 1.81. The van der Waals surface area contributed by atoms with Gasteiger partial charge in [-0.1, -0.05) is 37.3 Å². The van der Waals surface area contributed by atoms with Crippen molar-refractivity contribution in [2.24, 2.45) is 0 Å². The minimum Gasteiger partial charge on any atom is -0.495 e. The molecule has 0 aliphatic rings. The number of furan rings is 1. The third-order valence-electron chi connectivity index (χ3n) is 4.62. The van der Waals surface area contributed by atoms with Gasteiger partial charge in [-0.25, -0.2) is 0 Å². The lowest BCUT2D eigenvalue weighted by molar-refractivity contribution is 0.360. The maximum Gasteiger partial charge on any atom is 0.174 e. The second-order valence-corrected chi connectivity index (χ2v) is 7.13. The summed E-state index contributed by atoms with van der Waals surface area (Å²) in [6.07, 6.45) is 2.72. The van der Waals surface area contributed by atoms with Crippen molar-refractivity contribution in [1.29, 1.82) is 0 Å². The molecule has 0 radical (unpaired) electrons. The van der Waals surface area contributed by atoms with Gasteiger partial charge in [-0.15, -0.1) is 0 Å². The summed E-state index contributed by atoms with van der Waals surface area (Å²) in [5, 5.41) is 3.97. The Bertz CT molecular complexity index is 905. The maximum atomic E-state index is 5.75. The number of ether oxygens (including phenoxy) is 1. The highest BCUT2D eigenvalue weighted by molar-refractivity contribution is 7.80. The molecule has 0 aliphatic carbocycles. The van der Waals surface area contributed by atoms with Gasteiger partial charge in [0.05, 0.1) is 25.6 Å². The summed E-state index contributed by atoms with van der Waals surface area (Å²) in [6.45, 7) is 5.48. The van der Waals surface area contributed by atoms with E-state index in [1.807, 2.05) is 37.3 Å². The predicted octanol–water partition coefficient (Wildman–Crippen LogP) is 5.56. The molecule has 1 heterocycles. The Labute approximate surface area is 172 Å². The van der Waals surface area contributed by atoms with E-state index in [0.717, 1.165) is 29.2 Å². The lowest BCUT2D eigenvalue weighted by atomic mass is 10.1. The highest BCUT2D eigenvalue weighted by atomic mass is 32.1. The zero-order chi connectivity index (χ0) is 19.9. The summed E-state index contributed by atoms with van der Waals surface area (Å²) in [6, 6.07) is 18.5. The Morgan fingerprint density at radius 1 is 1.07 bits per heavy atom. The van der Waals surface area contributed by atoms with Gasteiger partial charge in [0, 0.05) is 6.54 Å². The largest absolute Gasteiger partial charge is 0.495 e. The van der Waals surface area contributed by atoms with Crippen molar-refractivity contribution in [3.8, 4) is 5.75 Å². The average molecular weight is 395 g/mol. The molecule has 146 valence electrons. The van der Waals surface area contributed by atoms with E-state index in [9.17, 15) is 0 Å². The van der Waals surface area contributed by atoms with Crippen LogP contribution in [0.3, 0.4) is 0 Å². The van der Waals surface area contributed by atoms with Crippen LogP contribution in [0.4, 0.5) is 5.69 Å². The number of hydrogen-bond donors (Lipinski definition) is 1. The fourth-order valence-corrected chi connectivity index (χ4v) is 3.24. The number of thiocarbonyl (C=S) groups is 1. The molecule has 4 nitrogen and oxygen atoms in total. The summed E-state index contributed by atoms with van der Waals surface area (Å²) in [5.41, 5.74) is 4.52. The monoisotopic (exact) mass is 394 g/mol. The van der Waals surface area contributed by atoms with Gasteiger partial charge in [0.15, 0.2) is 5.11 Å². The molecule has 5 heteroatoms. The molecule has 0 saturated carbocycles. The van der Waals surface area contributed by atoms with Crippen molar-refractivity contribution in [3.05, 3.63) is 83.3 Å². The van der Waals surface area contributed by atoms with E-state index >= 15 is 0 Å². The van der Waals surface area contributed by atoms with Crippen LogP contribution in [0.15, 0.2) is 65.3 Å². The molecule has 0 atom stereocenters. The number of benzene rings is 2. The van der Waals surface area contributed by atoms with E-state index in [-0.39, 0.29) is 0 Å². The van der Waals surface area contributed by atoms with E-state index in [0.29, 0.717) is 18.2 Å². The van der Waals surface area contributed by atoms with Gasteiger partial charge < -0.3 is 19.4 Å². The summed E-state index contributed by atoms with van der Waals surface area (Å²) in [7, 11) is 1.66. The Morgan fingerprint density at radius 3 is 2.46 bits per heavy atom. The molecule has 2 aromatic carbocycles. The number of methoxy groups -OCH3 is 1. The van der Waals surface area contributed by atoms with Crippen molar-refractivity contribution in [3.63, 3.8) is 0 Å². The molecule has 1 aromatic heterocycles. The zero-order valence-corrected chi connectivity index (χ0v) is 17.4. The minimum atomic E-state index is 0.586. The number of anilines is 1. The number of nitrogens with zero attached hydrogens (tertiary/aromatic N) is 1. The molecule has 0 aliphatic heterocycles. The van der Waals surface area contributed by atoms with E-state index in [2.05, 4.69) is 41.4 Å². The van der Waals surface area contributed by atoms with Gasteiger partial charge in [-0.05, 0) is 66.5 Å². The Morgan fingerprint density at radius 2 is 1.82 bits per heavy atom. The standard InChI is InChI=1S/C23H26N2O2S/c1-4-18-8-10-19(11-9-18)15-25(16-20-6-5-13-27-20)23(28)24-21-14-17(2)7-12-22(21)26-3/h5-14H,4,15-16H2,1-3H3,(H,24,28). The van der Waals surface area contributed by atoms with Gasteiger partial charge in [0.2, 0.25) is 0 Å². The molecule has 0 unspecified atom stereocenters. The van der Waals surface area contributed by atoms with Gasteiger partial charge >= 0.3 is 0 Å². The van der Waals surface area contributed by atoms with Crippen LogP contribution in [0.5, 0.6) is 5.75 Å². The van der Waals surface area contributed by atoms with Crippen LogP contribution in [0.2, 0.25) is 0 Å². The lowest BCUT2D eigenvalue weighted by Gasteiger charge is -2.26. The quantitative estimate of drug-likeness (QED) is 0.531. The van der Waals surface area contributed by atoms with Crippen molar-refractivity contribution in [2.45, 2.75) is 33.4 Å². The number of nitrogens with one attached hydrogen (secondary N) is 1. The van der Waals surface area contributed by atoms with Crippen LogP contribution < -0.4 is 10.1 Å². The summed E-state index contributed by atoms with van der Waals surface area (Å²) >= 11 is 5.75. The first-order valence-corrected chi connectivity index (χ1v) is 9.80. The first-order valence-electron chi connectivity index (χ1n) is 9.39. The minimum absolute atomic E-state index is 0.586. The summed E-state index contributed by atoms with van der Waals surface area (Å²) < 4.78 is 11.0. The van der Waals surface area contributed by atoms with Gasteiger partial charge in [-0.3, -0.25) is 0 Å². The van der Waals surface area contributed by atoms with Crippen LogP contribution in [-0.2, 0) is 19.5 Å². The van der Waals surface area contributed by atoms with Crippen LogP contribution in [0.25, 0.3) is 0 Å². The van der Waals surface area contributed by atoms with Gasteiger partial charge in [0.1, 0.15) is 11.5 Å². The first-order chi connectivity index (χ1) is 13.6. The topological polar surface area (TPSA) is 37.6 Å². The molecule has 3 rings (SSSR count). The third kappa shape index (κ3) is 5.14. The number of aryl methyl sites for hydroxylation is 2. The van der Waals surface area contributed by atoms with Crippen LogP contribution >= 0.6 is 12.2 Å². The SMILES string of the molecule is CCc1ccc(CN(Cc2ccco2)C(=S)Nc2cc(C)ccc2OC)cc1. The molecule has 3 aromatic rings. The second-order valence-electron chi connectivity index (χ2n) is 6.74. The van der Waals surface area contributed by atoms with Crippen molar-refractivity contribution in [2.75, 3.05) is 12.4 Å². The highest BCUT2D eigenvalue weighted by Crippen LogP contribution is 2.26.